The quantitative estimate of drug-likeness (QED) is 0.700. The lowest BCUT2D eigenvalue weighted by Crippen LogP contribution is -1.86. The smallest absolute Gasteiger partial charge is 0.102 e. The molecule has 1 N–H and O–H groups in total. The van der Waals surface area contributed by atoms with E-state index < -0.39 is 0 Å². The molecule has 0 saturated carbocycles. The number of rotatable bonds is 1. The van der Waals surface area contributed by atoms with Gasteiger partial charge in [0.15, 0.2) is 0 Å². The maximum Gasteiger partial charge on any atom is 0.102 e. The standard InChI is InChI=1S/C11H16N2/c1-4-11-6-5-9(2)7-8-12-10(3)13-11/h5-8H,4H2,1-3H3,(H,12,13). The number of aryl methyl sites for hydroxylation is 3. The van der Waals surface area contributed by atoms with E-state index in [2.05, 4.69) is 35.9 Å². The molecule has 0 atom stereocenters. The lowest BCUT2D eigenvalue weighted by Gasteiger charge is -1.92. The molecular weight excluding hydrogens is 160 g/mol. The second-order valence-electron chi connectivity index (χ2n) is 3.11. The summed E-state index contributed by atoms with van der Waals surface area (Å²) in [6.07, 6.45) is 2.82. The highest BCUT2D eigenvalue weighted by molar-refractivity contribution is 5.10. The molecule has 13 heavy (non-hydrogen) atoms. The molecule has 0 amide bonds. The summed E-state index contributed by atoms with van der Waals surface area (Å²) in [4.78, 5) is 7.48. The number of hydrogen-bond donors (Lipinski definition) is 1. The van der Waals surface area contributed by atoms with Gasteiger partial charge in [-0.1, -0.05) is 13.0 Å². The molecule has 2 heteroatoms. The van der Waals surface area contributed by atoms with Crippen LogP contribution in [0.25, 0.3) is 0 Å². The molecule has 1 rings (SSSR count). The van der Waals surface area contributed by atoms with Crippen LogP contribution in [-0.2, 0) is 6.42 Å². The lowest BCUT2D eigenvalue weighted by molar-refractivity contribution is 0.977. The van der Waals surface area contributed by atoms with E-state index in [0.29, 0.717) is 0 Å². The van der Waals surface area contributed by atoms with E-state index in [4.69, 9.17) is 0 Å². The Balaban J connectivity index is 3.30. The van der Waals surface area contributed by atoms with Crippen LogP contribution < -0.4 is 0 Å². The largest absolute Gasteiger partial charge is 0.348 e. The van der Waals surface area contributed by atoms with Gasteiger partial charge >= 0.3 is 0 Å². The predicted octanol–water partition coefficient (Wildman–Crippen LogP) is 2.71. The molecule has 0 aliphatic carbocycles. The van der Waals surface area contributed by atoms with Gasteiger partial charge in [0.1, 0.15) is 5.82 Å². The van der Waals surface area contributed by atoms with Crippen molar-refractivity contribution in [3.8, 4) is 0 Å². The molecule has 0 saturated heterocycles. The summed E-state index contributed by atoms with van der Waals surface area (Å²) in [5, 5.41) is 0. The van der Waals surface area contributed by atoms with E-state index in [9.17, 15) is 0 Å². The fourth-order valence-corrected chi connectivity index (χ4v) is 1.07. The maximum absolute atomic E-state index is 4.24. The Hall–Kier alpha value is -1.31. The summed E-state index contributed by atoms with van der Waals surface area (Å²) in [5.74, 6) is 0.937. The van der Waals surface area contributed by atoms with Crippen molar-refractivity contribution < 1.29 is 0 Å². The first-order valence-corrected chi connectivity index (χ1v) is 4.58. The van der Waals surface area contributed by atoms with Gasteiger partial charge in [0.05, 0.1) is 0 Å². The zero-order chi connectivity index (χ0) is 9.68. The van der Waals surface area contributed by atoms with Crippen molar-refractivity contribution in [3.05, 3.63) is 41.5 Å². The van der Waals surface area contributed by atoms with Crippen molar-refractivity contribution in [2.24, 2.45) is 0 Å². The van der Waals surface area contributed by atoms with Crippen molar-refractivity contribution in [2.75, 3.05) is 0 Å². The van der Waals surface area contributed by atoms with Crippen molar-refractivity contribution in [1.29, 1.82) is 0 Å². The fourth-order valence-electron chi connectivity index (χ4n) is 1.07. The molecule has 0 radical (unpaired) electrons. The molecular formula is C11H16N2. The molecule has 1 aromatic heterocycles. The molecule has 0 aliphatic heterocycles. The Labute approximate surface area is 79.4 Å². The number of aromatic nitrogens is 2. The van der Waals surface area contributed by atoms with E-state index in [-0.39, 0.29) is 0 Å². The van der Waals surface area contributed by atoms with E-state index >= 15 is 0 Å². The minimum absolute atomic E-state index is 0.937. The van der Waals surface area contributed by atoms with Crippen LogP contribution in [0.2, 0.25) is 0 Å². The summed E-state index contributed by atoms with van der Waals surface area (Å²) in [5.41, 5.74) is 2.41. The molecule has 70 valence electrons. The summed E-state index contributed by atoms with van der Waals surface area (Å²) < 4.78 is 0. The molecule has 0 bridgehead atoms. The van der Waals surface area contributed by atoms with Gasteiger partial charge < -0.3 is 4.98 Å². The van der Waals surface area contributed by atoms with Crippen molar-refractivity contribution in [1.82, 2.24) is 9.97 Å². The highest BCUT2D eigenvalue weighted by Gasteiger charge is 1.85. The molecule has 0 fully saturated rings. The number of nitrogens with zero attached hydrogens (tertiary/aromatic N) is 1. The summed E-state index contributed by atoms with van der Waals surface area (Å²) in [6, 6.07) is 6.20. The van der Waals surface area contributed by atoms with E-state index in [0.717, 1.165) is 12.2 Å². The minimum Gasteiger partial charge on any atom is -0.348 e. The first kappa shape index (κ1) is 9.78. The Morgan fingerprint density at radius 2 is 2.00 bits per heavy atom. The third-order valence-electron chi connectivity index (χ3n) is 1.88. The average molecular weight is 176 g/mol. The van der Waals surface area contributed by atoms with Crippen molar-refractivity contribution >= 4 is 0 Å². The molecule has 0 unspecified atom stereocenters. The Bertz CT molecular complexity index is 325. The lowest BCUT2D eigenvalue weighted by atomic mass is 10.3. The van der Waals surface area contributed by atoms with E-state index in [1.807, 2.05) is 19.2 Å². The zero-order valence-electron chi connectivity index (χ0n) is 8.46. The van der Waals surface area contributed by atoms with E-state index in [1.54, 1.807) is 0 Å². The van der Waals surface area contributed by atoms with Crippen LogP contribution in [0.4, 0.5) is 0 Å². The van der Waals surface area contributed by atoms with E-state index in [1.165, 1.54) is 11.3 Å². The number of aromatic amines is 1. The molecule has 0 spiro atoms. The topological polar surface area (TPSA) is 28.7 Å². The van der Waals surface area contributed by atoms with Crippen LogP contribution >= 0.6 is 0 Å². The van der Waals surface area contributed by atoms with Gasteiger partial charge in [-0.05, 0) is 38.0 Å². The molecule has 2 nitrogen and oxygen atoms in total. The Kier molecular flexibility index (Phi) is 3.50. The highest BCUT2D eigenvalue weighted by atomic mass is 14.8. The van der Waals surface area contributed by atoms with Gasteiger partial charge in [-0.15, -0.1) is 0 Å². The van der Waals surface area contributed by atoms with Gasteiger partial charge in [0.2, 0.25) is 0 Å². The number of hydrogen-bond acceptors (Lipinski definition) is 1. The first-order chi connectivity index (χ1) is 6.22. The van der Waals surface area contributed by atoms with Gasteiger partial charge in [-0.3, -0.25) is 0 Å². The highest BCUT2D eigenvalue weighted by Crippen LogP contribution is 1.96. The molecule has 0 aromatic carbocycles. The molecule has 1 heterocycles. The molecule has 1 aromatic rings. The molecule has 0 aliphatic rings. The Morgan fingerprint density at radius 3 is 2.69 bits per heavy atom. The fraction of sp³-hybridized carbons (Fsp3) is 0.364. The van der Waals surface area contributed by atoms with Gasteiger partial charge in [0, 0.05) is 11.9 Å². The van der Waals surface area contributed by atoms with Crippen molar-refractivity contribution in [2.45, 2.75) is 27.2 Å². The predicted molar refractivity (Wildman–Crippen MR) is 55.1 cm³/mol. The summed E-state index contributed by atoms with van der Waals surface area (Å²) in [6.45, 7) is 6.16. The first-order valence-electron chi connectivity index (χ1n) is 4.58. The van der Waals surface area contributed by atoms with Crippen molar-refractivity contribution in [3.63, 3.8) is 0 Å². The third-order valence-corrected chi connectivity index (χ3v) is 1.88. The van der Waals surface area contributed by atoms with Crippen LogP contribution in [0.3, 0.4) is 0 Å². The minimum atomic E-state index is 0.937. The average Bonchev–Trinajstić information content (AvgIpc) is 2.18. The second kappa shape index (κ2) is 4.65. The monoisotopic (exact) mass is 176 g/mol. The van der Waals surface area contributed by atoms with Gasteiger partial charge in [-0.25, -0.2) is 4.98 Å². The van der Waals surface area contributed by atoms with Crippen LogP contribution in [0.15, 0.2) is 24.4 Å². The zero-order valence-corrected chi connectivity index (χ0v) is 8.46. The third kappa shape index (κ3) is 3.28. The van der Waals surface area contributed by atoms with Crippen LogP contribution in [-0.4, -0.2) is 9.97 Å². The SMILES string of the molecule is CCc1ccc(C)ccnc(C)[nH]1. The number of H-pyrrole nitrogens is 1. The van der Waals surface area contributed by atoms with Crippen LogP contribution in [0.1, 0.15) is 24.0 Å². The van der Waals surface area contributed by atoms with Gasteiger partial charge in [0.25, 0.3) is 0 Å². The Morgan fingerprint density at radius 1 is 1.23 bits per heavy atom. The van der Waals surface area contributed by atoms with Gasteiger partial charge in [-0.2, -0.15) is 0 Å². The summed E-state index contributed by atoms with van der Waals surface area (Å²) >= 11 is 0. The maximum atomic E-state index is 4.24. The number of nitrogens with one attached hydrogen (secondary N) is 1. The van der Waals surface area contributed by atoms with Crippen LogP contribution in [0.5, 0.6) is 0 Å². The summed E-state index contributed by atoms with van der Waals surface area (Å²) in [7, 11) is 0. The second-order valence-corrected chi connectivity index (χ2v) is 3.11. The normalized spacial score (nSPS) is 9.46. The van der Waals surface area contributed by atoms with Crippen LogP contribution in [0, 0.1) is 13.8 Å².